The third-order valence-electron chi connectivity index (χ3n) is 5.48. The van der Waals surface area contributed by atoms with Crippen molar-refractivity contribution in [1.82, 2.24) is 30.4 Å². The molecule has 2 N–H and O–H groups in total. The summed E-state index contributed by atoms with van der Waals surface area (Å²) >= 11 is 0. The minimum Gasteiger partial charge on any atom is -0.349 e. The van der Waals surface area contributed by atoms with Crippen LogP contribution in [0.25, 0.3) is 11.4 Å². The zero-order valence-electron chi connectivity index (χ0n) is 15.2. The summed E-state index contributed by atoms with van der Waals surface area (Å²) in [7, 11) is 0. The van der Waals surface area contributed by atoms with Gasteiger partial charge in [0.2, 0.25) is 11.8 Å². The summed E-state index contributed by atoms with van der Waals surface area (Å²) < 4.78 is 0. The molecule has 0 unspecified atom stereocenters. The predicted octanol–water partition coefficient (Wildman–Crippen LogP) is 1.66. The van der Waals surface area contributed by atoms with Crippen LogP contribution in [0.2, 0.25) is 0 Å². The van der Waals surface area contributed by atoms with Gasteiger partial charge in [0.05, 0.1) is 12.5 Å². The van der Waals surface area contributed by atoms with Crippen LogP contribution in [0.3, 0.4) is 0 Å². The molecule has 0 radical (unpaired) electrons. The Balaban J connectivity index is 1.33. The highest BCUT2D eigenvalue weighted by molar-refractivity contribution is 5.84. The minimum atomic E-state index is -0.147. The van der Waals surface area contributed by atoms with Gasteiger partial charge >= 0.3 is 0 Å². The number of amides is 2. The number of carbonyl (C=O) groups is 2. The Hall–Kier alpha value is -2.77. The molecule has 8 nitrogen and oxygen atoms in total. The molecule has 0 aromatic carbocycles. The van der Waals surface area contributed by atoms with E-state index in [9.17, 15) is 9.59 Å². The lowest BCUT2D eigenvalue weighted by molar-refractivity contribution is -0.140. The lowest BCUT2D eigenvalue weighted by atomic mass is 9.95. The Bertz CT molecular complexity index is 800. The summed E-state index contributed by atoms with van der Waals surface area (Å²) in [6, 6.07) is 4.00. The molecule has 0 bridgehead atoms. The number of hydrogen-bond donors (Lipinski definition) is 2. The summed E-state index contributed by atoms with van der Waals surface area (Å²) in [6.07, 6.45) is 8.94. The van der Waals surface area contributed by atoms with E-state index in [1.54, 1.807) is 12.4 Å². The average Bonchev–Trinajstić information content (AvgIpc) is 3.39. The van der Waals surface area contributed by atoms with Crippen molar-refractivity contribution in [3.8, 4) is 11.4 Å². The van der Waals surface area contributed by atoms with Gasteiger partial charge in [-0.15, -0.1) is 0 Å². The monoisotopic (exact) mass is 368 g/mol. The van der Waals surface area contributed by atoms with Crippen LogP contribution in [0.15, 0.2) is 24.5 Å². The first-order chi connectivity index (χ1) is 13.2. The van der Waals surface area contributed by atoms with Crippen LogP contribution < -0.4 is 5.32 Å². The van der Waals surface area contributed by atoms with Crippen molar-refractivity contribution in [2.75, 3.05) is 6.54 Å². The van der Waals surface area contributed by atoms with Crippen molar-refractivity contribution < 1.29 is 9.59 Å². The summed E-state index contributed by atoms with van der Waals surface area (Å²) in [5.74, 6) is 1.22. The highest BCUT2D eigenvalue weighted by Gasteiger charge is 2.35. The van der Waals surface area contributed by atoms with Gasteiger partial charge in [-0.1, -0.05) is 12.8 Å². The van der Waals surface area contributed by atoms with Crippen LogP contribution in [0.5, 0.6) is 0 Å². The van der Waals surface area contributed by atoms with Gasteiger partial charge in [-0.25, -0.2) is 4.98 Å². The van der Waals surface area contributed by atoms with Crippen molar-refractivity contribution in [1.29, 1.82) is 0 Å². The molecule has 1 saturated carbocycles. The molecule has 4 rings (SSSR count). The van der Waals surface area contributed by atoms with Crippen LogP contribution in [-0.2, 0) is 16.1 Å². The van der Waals surface area contributed by atoms with Gasteiger partial charge in [0, 0.05) is 37.0 Å². The lowest BCUT2D eigenvalue weighted by Gasteiger charge is -2.36. The fourth-order valence-corrected chi connectivity index (χ4v) is 3.97. The third kappa shape index (κ3) is 3.99. The predicted molar refractivity (Wildman–Crippen MR) is 98.2 cm³/mol. The number of carbonyl (C=O) groups excluding carboxylic acids is 2. The Morgan fingerprint density at radius 1 is 1.22 bits per heavy atom. The van der Waals surface area contributed by atoms with E-state index in [1.165, 1.54) is 12.8 Å². The number of hydrogen-bond acceptors (Lipinski definition) is 5. The van der Waals surface area contributed by atoms with Crippen LogP contribution in [-0.4, -0.2) is 49.5 Å². The lowest BCUT2D eigenvalue weighted by Crippen LogP contribution is -2.49. The fourth-order valence-electron chi connectivity index (χ4n) is 3.97. The second-order valence-corrected chi connectivity index (χ2v) is 7.28. The Morgan fingerprint density at radius 2 is 2.00 bits per heavy atom. The summed E-state index contributed by atoms with van der Waals surface area (Å²) in [4.78, 5) is 35.2. The Morgan fingerprint density at radius 3 is 2.78 bits per heavy atom. The molecule has 27 heavy (non-hydrogen) atoms. The van der Waals surface area contributed by atoms with Gasteiger partial charge in [0.15, 0.2) is 5.82 Å². The molecule has 142 valence electrons. The number of likely N-dealkylation sites (tertiary alicyclic amines) is 1. The van der Waals surface area contributed by atoms with E-state index in [-0.39, 0.29) is 17.7 Å². The van der Waals surface area contributed by atoms with E-state index in [0.29, 0.717) is 43.6 Å². The normalized spacial score (nSPS) is 20.8. The third-order valence-corrected chi connectivity index (χ3v) is 5.48. The molecule has 2 fully saturated rings. The van der Waals surface area contributed by atoms with Gasteiger partial charge in [-0.05, 0) is 31.4 Å². The maximum Gasteiger partial charge on any atom is 0.225 e. The van der Waals surface area contributed by atoms with Crippen LogP contribution in [0.4, 0.5) is 0 Å². The number of aromatic amines is 1. The minimum absolute atomic E-state index is 0.0210. The van der Waals surface area contributed by atoms with Gasteiger partial charge in [0.1, 0.15) is 5.82 Å². The van der Waals surface area contributed by atoms with E-state index in [2.05, 4.69) is 25.5 Å². The van der Waals surface area contributed by atoms with Crippen molar-refractivity contribution in [3.63, 3.8) is 0 Å². The molecule has 1 aliphatic heterocycles. The van der Waals surface area contributed by atoms with Crippen LogP contribution in [0.1, 0.15) is 44.3 Å². The molecule has 1 saturated heterocycles. The molecule has 2 aromatic heterocycles. The largest absolute Gasteiger partial charge is 0.349 e. The first kappa shape index (κ1) is 17.6. The van der Waals surface area contributed by atoms with Gasteiger partial charge < -0.3 is 10.2 Å². The SMILES string of the molecule is O=C(NCc1nc(-c2ccncc2)n[nH]1)[C@H]1CCC(=O)N(C2CCCC2)C1. The second-order valence-electron chi connectivity index (χ2n) is 7.28. The fraction of sp³-hybridized carbons (Fsp3) is 0.526. The topological polar surface area (TPSA) is 104 Å². The molecule has 8 heteroatoms. The van der Waals surface area contributed by atoms with E-state index in [4.69, 9.17) is 0 Å². The zero-order chi connectivity index (χ0) is 18.6. The van der Waals surface area contributed by atoms with E-state index >= 15 is 0 Å². The summed E-state index contributed by atoms with van der Waals surface area (Å²) in [6.45, 7) is 0.832. The first-order valence-corrected chi connectivity index (χ1v) is 9.59. The van der Waals surface area contributed by atoms with Crippen molar-refractivity contribution in [2.24, 2.45) is 5.92 Å². The molecule has 2 amide bonds. The molecule has 2 aromatic rings. The van der Waals surface area contributed by atoms with Gasteiger partial charge in [-0.2, -0.15) is 5.10 Å². The summed E-state index contributed by atoms with van der Waals surface area (Å²) in [5, 5.41) is 9.98. The highest BCUT2D eigenvalue weighted by atomic mass is 16.2. The molecular formula is C19H24N6O2. The first-order valence-electron chi connectivity index (χ1n) is 9.59. The smallest absolute Gasteiger partial charge is 0.225 e. The molecule has 1 aliphatic carbocycles. The van der Waals surface area contributed by atoms with E-state index < -0.39 is 0 Å². The van der Waals surface area contributed by atoms with Gasteiger partial charge in [0.25, 0.3) is 0 Å². The number of pyridine rings is 1. The number of rotatable bonds is 5. The number of nitrogens with one attached hydrogen (secondary N) is 2. The van der Waals surface area contributed by atoms with Gasteiger partial charge in [-0.3, -0.25) is 19.7 Å². The van der Waals surface area contributed by atoms with E-state index in [0.717, 1.165) is 18.4 Å². The number of nitrogens with zero attached hydrogens (tertiary/aromatic N) is 4. The number of aromatic nitrogens is 4. The molecule has 1 atom stereocenters. The maximum absolute atomic E-state index is 12.6. The average molecular weight is 368 g/mol. The van der Waals surface area contributed by atoms with Crippen LogP contribution in [0, 0.1) is 5.92 Å². The van der Waals surface area contributed by atoms with Crippen molar-refractivity contribution in [2.45, 2.75) is 51.1 Å². The summed E-state index contributed by atoms with van der Waals surface area (Å²) in [5.41, 5.74) is 0.872. The standard InChI is InChI=1S/C19H24N6O2/c26-17-6-5-14(12-25(17)15-3-1-2-4-15)19(27)21-11-16-22-18(24-23-16)13-7-9-20-10-8-13/h7-10,14-15H,1-6,11-12H2,(H,21,27)(H,22,23,24)/t14-/m0/s1. The molecule has 3 heterocycles. The van der Waals surface area contributed by atoms with E-state index in [1.807, 2.05) is 17.0 Å². The molecular weight excluding hydrogens is 344 g/mol. The highest BCUT2D eigenvalue weighted by Crippen LogP contribution is 2.28. The molecule has 2 aliphatic rings. The van der Waals surface area contributed by atoms with Crippen LogP contribution >= 0.6 is 0 Å². The quantitative estimate of drug-likeness (QED) is 0.835. The van der Waals surface area contributed by atoms with Crippen molar-refractivity contribution >= 4 is 11.8 Å². The maximum atomic E-state index is 12.6. The molecule has 0 spiro atoms. The number of H-pyrrole nitrogens is 1. The zero-order valence-corrected chi connectivity index (χ0v) is 15.2. The second kappa shape index (κ2) is 7.85. The Kier molecular flexibility index (Phi) is 5.13. The van der Waals surface area contributed by atoms with Crippen molar-refractivity contribution in [3.05, 3.63) is 30.4 Å². The Labute approximate surface area is 157 Å². The number of piperidine rings is 1.